The molecular weight excluding hydrogens is 188 g/mol. The lowest BCUT2D eigenvalue weighted by Gasteiger charge is -2.36. The molecule has 0 atom stereocenters. The molecule has 0 aromatic carbocycles. The van der Waals surface area contributed by atoms with Gasteiger partial charge in [-0.15, -0.1) is 0 Å². The maximum Gasteiger partial charge on any atom is 0.151 e. The zero-order chi connectivity index (χ0) is 10.8. The van der Waals surface area contributed by atoms with Crippen LogP contribution in [-0.4, -0.2) is 24.4 Å². The van der Waals surface area contributed by atoms with Gasteiger partial charge >= 0.3 is 0 Å². The molecule has 1 aromatic rings. The molecule has 0 bridgehead atoms. The first-order chi connectivity index (χ1) is 7.22. The van der Waals surface area contributed by atoms with Crippen molar-refractivity contribution in [2.75, 3.05) is 11.9 Å². The smallest absolute Gasteiger partial charge is 0.151 e. The molecule has 0 saturated heterocycles. The summed E-state index contributed by atoms with van der Waals surface area (Å²) in [4.78, 5) is 17.2. The van der Waals surface area contributed by atoms with E-state index in [-0.39, 0.29) is 0 Å². The Morgan fingerprint density at radius 3 is 2.73 bits per heavy atom. The van der Waals surface area contributed by atoms with E-state index >= 15 is 0 Å². The van der Waals surface area contributed by atoms with E-state index in [9.17, 15) is 4.79 Å². The van der Waals surface area contributed by atoms with Crippen LogP contribution in [0.1, 0.15) is 35.2 Å². The topological polar surface area (TPSA) is 33.2 Å². The number of anilines is 1. The summed E-state index contributed by atoms with van der Waals surface area (Å²) in [5.41, 5.74) is 1.73. The fraction of sp³-hybridized carbons (Fsp3) is 0.500. The number of rotatable bonds is 3. The summed E-state index contributed by atoms with van der Waals surface area (Å²) >= 11 is 0. The number of carbonyl (C=O) groups is 1. The standard InChI is InChI=1S/C12H16N2O/c1-9-6-10(8-15)7-13-12(9)14(2)11-4-3-5-11/h6-8,11H,3-5H2,1-2H3. The quantitative estimate of drug-likeness (QED) is 0.708. The van der Waals surface area contributed by atoms with Crippen LogP contribution in [-0.2, 0) is 0 Å². The molecule has 0 unspecified atom stereocenters. The number of hydrogen-bond donors (Lipinski definition) is 0. The number of aromatic nitrogens is 1. The van der Waals surface area contributed by atoms with Crippen molar-refractivity contribution >= 4 is 12.1 Å². The zero-order valence-electron chi connectivity index (χ0n) is 9.23. The van der Waals surface area contributed by atoms with Gasteiger partial charge in [-0.1, -0.05) is 0 Å². The molecule has 1 heterocycles. The minimum atomic E-state index is 0.637. The van der Waals surface area contributed by atoms with Gasteiger partial charge in [0.05, 0.1) is 0 Å². The molecule has 2 rings (SSSR count). The molecule has 1 saturated carbocycles. The summed E-state index contributed by atoms with van der Waals surface area (Å²) in [7, 11) is 2.08. The summed E-state index contributed by atoms with van der Waals surface area (Å²) in [6.45, 7) is 2.00. The molecule has 1 fully saturated rings. The van der Waals surface area contributed by atoms with Gasteiger partial charge in [-0.05, 0) is 37.8 Å². The molecule has 3 heteroatoms. The van der Waals surface area contributed by atoms with Crippen molar-refractivity contribution in [3.05, 3.63) is 23.4 Å². The van der Waals surface area contributed by atoms with Crippen molar-refractivity contribution in [3.63, 3.8) is 0 Å². The van der Waals surface area contributed by atoms with E-state index in [4.69, 9.17) is 0 Å². The fourth-order valence-corrected chi connectivity index (χ4v) is 1.97. The minimum absolute atomic E-state index is 0.637. The monoisotopic (exact) mass is 204 g/mol. The van der Waals surface area contributed by atoms with Crippen LogP contribution in [0.4, 0.5) is 5.82 Å². The highest BCUT2D eigenvalue weighted by atomic mass is 16.1. The second kappa shape index (κ2) is 4.01. The number of aryl methyl sites for hydroxylation is 1. The van der Waals surface area contributed by atoms with Gasteiger partial charge in [0.1, 0.15) is 5.82 Å². The highest BCUT2D eigenvalue weighted by molar-refractivity contribution is 5.75. The molecule has 1 aromatic heterocycles. The molecular formula is C12H16N2O. The van der Waals surface area contributed by atoms with Gasteiger partial charge in [0.25, 0.3) is 0 Å². The van der Waals surface area contributed by atoms with Crippen LogP contribution >= 0.6 is 0 Å². The maximum absolute atomic E-state index is 10.6. The molecule has 3 nitrogen and oxygen atoms in total. The van der Waals surface area contributed by atoms with Gasteiger partial charge in [-0.25, -0.2) is 4.98 Å². The van der Waals surface area contributed by atoms with Gasteiger partial charge in [0.2, 0.25) is 0 Å². The van der Waals surface area contributed by atoms with Crippen molar-refractivity contribution in [1.82, 2.24) is 4.98 Å². The van der Waals surface area contributed by atoms with E-state index in [2.05, 4.69) is 16.9 Å². The lowest BCUT2D eigenvalue weighted by molar-refractivity contribution is 0.112. The van der Waals surface area contributed by atoms with Crippen molar-refractivity contribution in [3.8, 4) is 0 Å². The number of hydrogen-bond acceptors (Lipinski definition) is 3. The zero-order valence-corrected chi connectivity index (χ0v) is 9.23. The predicted octanol–water partition coefficient (Wildman–Crippen LogP) is 2.19. The summed E-state index contributed by atoms with van der Waals surface area (Å²) in [5, 5.41) is 0. The molecule has 0 spiro atoms. The van der Waals surface area contributed by atoms with E-state index in [0.29, 0.717) is 11.6 Å². The number of pyridine rings is 1. The van der Waals surface area contributed by atoms with Crippen molar-refractivity contribution < 1.29 is 4.79 Å². The first kappa shape index (κ1) is 10.1. The SMILES string of the molecule is Cc1cc(C=O)cnc1N(C)C1CCC1. The minimum Gasteiger partial charge on any atom is -0.356 e. The lowest BCUT2D eigenvalue weighted by atomic mass is 9.91. The molecule has 80 valence electrons. The summed E-state index contributed by atoms with van der Waals surface area (Å²) < 4.78 is 0. The Labute approximate surface area is 90.1 Å². The molecule has 0 N–H and O–H groups in total. The third-order valence-corrected chi connectivity index (χ3v) is 3.16. The average molecular weight is 204 g/mol. The summed E-state index contributed by atoms with van der Waals surface area (Å²) in [5.74, 6) is 1.00. The van der Waals surface area contributed by atoms with Crippen LogP contribution in [0, 0.1) is 6.92 Å². The molecule has 1 aliphatic carbocycles. The van der Waals surface area contributed by atoms with Crippen molar-refractivity contribution in [2.24, 2.45) is 0 Å². The van der Waals surface area contributed by atoms with Gasteiger partial charge in [-0.3, -0.25) is 4.79 Å². The van der Waals surface area contributed by atoms with E-state index in [0.717, 1.165) is 17.7 Å². The van der Waals surface area contributed by atoms with Crippen LogP contribution in [0.15, 0.2) is 12.3 Å². The maximum atomic E-state index is 10.6. The van der Waals surface area contributed by atoms with E-state index in [1.165, 1.54) is 19.3 Å². The molecule has 1 aliphatic rings. The van der Waals surface area contributed by atoms with Crippen LogP contribution in [0.3, 0.4) is 0 Å². The second-order valence-corrected chi connectivity index (χ2v) is 4.22. The molecule has 0 aliphatic heterocycles. The van der Waals surface area contributed by atoms with Crippen molar-refractivity contribution in [2.45, 2.75) is 32.2 Å². The molecule has 0 radical (unpaired) electrons. The van der Waals surface area contributed by atoms with E-state index in [1.54, 1.807) is 6.20 Å². The Kier molecular flexibility index (Phi) is 2.71. The largest absolute Gasteiger partial charge is 0.356 e. The first-order valence-corrected chi connectivity index (χ1v) is 5.37. The number of nitrogens with zero attached hydrogens (tertiary/aromatic N) is 2. The van der Waals surface area contributed by atoms with Gasteiger partial charge in [0.15, 0.2) is 6.29 Å². The van der Waals surface area contributed by atoms with E-state index < -0.39 is 0 Å². The fourth-order valence-electron chi connectivity index (χ4n) is 1.97. The Hall–Kier alpha value is -1.38. The summed E-state index contributed by atoms with van der Waals surface area (Å²) in [6.07, 6.45) is 6.32. The Morgan fingerprint density at radius 1 is 1.53 bits per heavy atom. The van der Waals surface area contributed by atoms with Crippen molar-refractivity contribution in [1.29, 1.82) is 0 Å². The van der Waals surface area contributed by atoms with Gasteiger partial charge in [-0.2, -0.15) is 0 Å². The lowest BCUT2D eigenvalue weighted by Crippen LogP contribution is -2.38. The predicted molar refractivity (Wildman–Crippen MR) is 60.4 cm³/mol. The normalized spacial score (nSPS) is 15.9. The first-order valence-electron chi connectivity index (χ1n) is 5.37. The van der Waals surface area contributed by atoms with Crippen LogP contribution < -0.4 is 4.90 Å². The highest BCUT2D eigenvalue weighted by Crippen LogP contribution is 2.28. The Morgan fingerprint density at radius 2 is 2.27 bits per heavy atom. The molecule has 15 heavy (non-hydrogen) atoms. The molecule has 0 amide bonds. The number of carbonyl (C=O) groups excluding carboxylic acids is 1. The second-order valence-electron chi connectivity index (χ2n) is 4.22. The Bertz CT molecular complexity index is 372. The van der Waals surface area contributed by atoms with Crippen LogP contribution in [0.25, 0.3) is 0 Å². The van der Waals surface area contributed by atoms with Gasteiger partial charge in [0, 0.05) is 24.8 Å². The highest BCUT2D eigenvalue weighted by Gasteiger charge is 2.23. The summed E-state index contributed by atoms with van der Waals surface area (Å²) in [6, 6.07) is 2.53. The third-order valence-electron chi connectivity index (χ3n) is 3.16. The third kappa shape index (κ3) is 1.87. The van der Waals surface area contributed by atoms with Crippen LogP contribution in [0.2, 0.25) is 0 Å². The number of aldehydes is 1. The van der Waals surface area contributed by atoms with Gasteiger partial charge < -0.3 is 4.90 Å². The van der Waals surface area contributed by atoms with Crippen LogP contribution in [0.5, 0.6) is 0 Å². The van der Waals surface area contributed by atoms with E-state index in [1.807, 2.05) is 13.0 Å². The Balaban J connectivity index is 2.23. The average Bonchev–Trinajstić information content (AvgIpc) is 2.14.